The van der Waals surface area contributed by atoms with E-state index in [1.807, 2.05) is 18.2 Å². The number of nitrogens with one attached hydrogen (secondary N) is 1. The summed E-state index contributed by atoms with van der Waals surface area (Å²) in [6, 6.07) is 9.17. The molecule has 0 atom stereocenters. The summed E-state index contributed by atoms with van der Waals surface area (Å²) in [5, 5.41) is 14.2. The van der Waals surface area contributed by atoms with Crippen LogP contribution in [0.3, 0.4) is 0 Å². The van der Waals surface area contributed by atoms with Gasteiger partial charge in [0.05, 0.1) is 6.21 Å². The monoisotopic (exact) mass is 296 g/mol. The predicted octanol–water partition coefficient (Wildman–Crippen LogP) is 3.77. The van der Waals surface area contributed by atoms with E-state index in [2.05, 4.69) is 14.9 Å². The molecule has 0 aliphatic heterocycles. The van der Waals surface area contributed by atoms with E-state index in [1.54, 1.807) is 18.3 Å². The largest absolute Gasteiger partial charge is 0.266 e. The molecule has 0 unspecified atom stereocenters. The molecule has 1 N–H and O–H groups in total. The van der Waals surface area contributed by atoms with Crippen molar-refractivity contribution in [2.75, 3.05) is 5.43 Å². The van der Waals surface area contributed by atoms with E-state index in [-0.39, 0.29) is 5.15 Å². The summed E-state index contributed by atoms with van der Waals surface area (Å²) >= 11 is 12.6. The molecule has 4 nitrogen and oxygen atoms in total. The maximum absolute atomic E-state index is 8.86. The summed E-state index contributed by atoms with van der Waals surface area (Å²) < 4.78 is 3.86. The van der Waals surface area contributed by atoms with Crippen LogP contribution in [0.5, 0.6) is 0 Å². The van der Waals surface area contributed by atoms with Crippen LogP contribution in [-0.4, -0.2) is 10.6 Å². The van der Waals surface area contributed by atoms with E-state index in [0.29, 0.717) is 15.6 Å². The second kappa shape index (κ2) is 5.83. The van der Waals surface area contributed by atoms with Gasteiger partial charge in [0.25, 0.3) is 0 Å². The number of hydrazone groups is 1. The Hall–Kier alpha value is -1.61. The van der Waals surface area contributed by atoms with Crippen molar-refractivity contribution < 1.29 is 0 Å². The topological polar surface area (TPSA) is 61.1 Å². The molecule has 2 aromatic rings. The van der Waals surface area contributed by atoms with Crippen LogP contribution >= 0.6 is 34.7 Å². The SMILES string of the molecule is N#Cc1c(Cl)nsc1N/N=C/c1ccc(Cl)cc1. The van der Waals surface area contributed by atoms with Crippen molar-refractivity contribution in [3.8, 4) is 6.07 Å². The highest BCUT2D eigenvalue weighted by Gasteiger charge is 2.10. The van der Waals surface area contributed by atoms with Crippen molar-refractivity contribution >= 4 is 46.0 Å². The third-order valence-corrected chi connectivity index (χ3v) is 3.39. The van der Waals surface area contributed by atoms with Gasteiger partial charge in [0.2, 0.25) is 0 Å². The lowest BCUT2D eigenvalue weighted by Crippen LogP contribution is -1.90. The molecule has 2 rings (SSSR count). The van der Waals surface area contributed by atoms with Gasteiger partial charge in [0, 0.05) is 5.02 Å². The molecular formula is C11H6Cl2N4S. The molecule has 90 valence electrons. The average Bonchev–Trinajstić information content (AvgIpc) is 2.72. The first-order valence-electron chi connectivity index (χ1n) is 4.80. The molecule has 0 spiro atoms. The number of rotatable bonds is 3. The molecule has 0 aliphatic rings. The Morgan fingerprint density at radius 2 is 2.06 bits per heavy atom. The molecule has 0 saturated heterocycles. The fourth-order valence-electron chi connectivity index (χ4n) is 1.16. The van der Waals surface area contributed by atoms with Crippen molar-refractivity contribution in [2.24, 2.45) is 5.10 Å². The van der Waals surface area contributed by atoms with Crippen LogP contribution in [-0.2, 0) is 0 Å². The molecule has 0 saturated carbocycles. The third-order valence-electron chi connectivity index (χ3n) is 2.01. The van der Waals surface area contributed by atoms with Gasteiger partial charge in [0.1, 0.15) is 16.6 Å². The van der Waals surface area contributed by atoms with Crippen molar-refractivity contribution in [3.63, 3.8) is 0 Å². The van der Waals surface area contributed by atoms with Gasteiger partial charge in [0.15, 0.2) is 5.15 Å². The standard InChI is InChI=1S/C11H6Cl2N4S/c12-8-3-1-7(2-4-8)6-15-16-11-9(5-14)10(13)17-18-11/h1-4,6,16H/b15-6+. The second-order valence-electron chi connectivity index (χ2n) is 3.21. The Kier molecular flexibility index (Phi) is 4.15. The Morgan fingerprint density at radius 1 is 1.33 bits per heavy atom. The van der Waals surface area contributed by atoms with E-state index in [4.69, 9.17) is 28.5 Å². The van der Waals surface area contributed by atoms with Gasteiger partial charge in [-0.15, -0.1) is 0 Å². The lowest BCUT2D eigenvalue weighted by molar-refractivity contribution is 1.37. The van der Waals surface area contributed by atoms with Crippen LogP contribution in [0.4, 0.5) is 5.00 Å². The molecule has 0 radical (unpaired) electrons. The van der Waals surface area contributed by atoms with E-state index in [9.17, 15) is 0 Å². The van der Waals surface area contributed by atoms with Gasteiger partial charge >= 0.3 is 0 Å². The normalized spacial score (nSPS) is 10.5. The smallest absolute Gasteiger partial charge is 0.162 e. The number of benzene rings is 1. The molecule has 0 fully saturated rings. The minimum Gasteiger partial charge on any atom is -0.266 e. The highest BCUT2D eigenvalue weighted by Crippen LogP contribution is 2.27. The Balaban J connectivity index is 2.07. The lowest BCUT2D eigenvalue weighted by Gasteiger charge is -1.95. The Bertz CT molecular complexity index is 613. The molecule has 7 heteroatoms. The van der Waals surface area contributed by atoms with Crippen molar-refractivity contribution in [1.82, 2.24) is 4.37 Å². The average molecular weight is 297 g/mol. The van der Waals surface area contributed by atoms with Gasteiger partial charge in [-0.3, -0.25) is 5.43 Å². The first kappa shape index (κ1) is 12.8. The van der Waals surface area contributed by atoms with E-state index >= 15 is 0 Å². The van der Waals surface area contributed by atoms with Gasteiger partial charge in [-0.05, 0) is 29.2 Å². The quantitative estimate of drug-likeness (QED) is 0.693. The number of anilines is 1. The number of aromatic nitrogens is 1. The number of halogens is 2. The zero-order valence-electron chi connectivity index (χ0n) is 8.89. The van der Waals surface area contributed by atoms with Crippen LogP contribution in [0, 0.1) is 11.3 Å². The molecule has 1 aromatic carbocycles. The Morgan fingerprint density at radius 3 is 2.72 bits per heavy atom. The zero-order chi connectivity index (χ0) is 13.0. The first-order chi connectivity index (χ1) is 8.70. The van der Waals surface area contributed by atoms with Crippen molar-refractivity contribution in [2.45, 2.75) is 0 Å². The maximum atomic E-state index is 8.86. The predicted molar refractivity (Wildman–Crippen MR) is 74.5 cm³/mol. The second-order valence-corrected chi connectivity index (χ2v) is 4.78. The van der Waals surface area contributed by atoms with Crippen LogP contribution < -0.4 is 5.43 Å². The van der Waals surface area contributed by atoms with E-state index < -0.39 is 0 Å². The third kappa shape index (κ3) is 2.99. The van der Waals surface area contributed by atoms with Gasteiger partial charge in [-0.1, -0.05) is 35.3 Å². The van der Waals surface area contributed by atoms with Crippen LogP contribution in [0.25, 0.3) is 0 Å². The van der Waals surface area contributed by atoms with Crippen molar-refractivity contribution in [1.29, 1.82) is 5.26 Å². The number of hydrogen-bond donors (Lipinski definition) is 1. The Labute approximate surface area is 118 Å². The number of nitrogens with zero attached hydrogens (tertiary/aromatic N) is 3. The fraction of sp³-hybridized carbons (Fsp3) is 0. The fourth-order valence-corrected chi connectivity index (χ4v) is 2.17. The van der Waals surface area contributed by atoms with Gasteiger partial charge in [-0.25, -0.2) is 0 Å². The summed E-state index contributed by atoms with van der Waals surface area (Å²) in [5.41, 5.74) is 3.92. The van der Waals surface area contributed by atoms with E-state index in [1.165, 1.54) is 0 Å². The molecule has 1 heterocycles. The highest BCUT2D eigenvalue weighted by atomic mass is 35.5. The number of hydrogen-bond acceptors (Lipinski definition) is 5. The van der Waals surface area contributed by atoms with Gasteiger partial charge in [-0.2, -0.15) is 14.7 Å². The van der Waals surface area contributed by atoms with Crippen molar-refractivity contribution in [3.05, 3.63) is 45.6 Å². The highest BCUT2D eigenvalue weighted by molar-refractivity contribution is 7.10. The van der Waals surface area contributed by atoms with Crippen LogP contribution in [0.15, 0.2) is 29.4 Å². The molecule has 0 bridgehead atoms. The summed E-state index contributed by atoms with van der Waals surface area (Å²) in [6.45, 7) is 0. The minimum atomic E-state index is 0.187. The number of nitriles is 1. The molecule has 1 aromatic heterocycles. The maximum Gasteiger partial charge on any atom is 0.162 e. The van der Waals surface area contributed by atoms with Crippen LogP contribution in [0.1, 0.15) is 11.1 Å². The summed E-state index contributed by atoms with van der Waals surface area (Å²) in [6.07, 6.45) is 1.62. The first-order valence-corrected chi connectivity index (χ1v) is 6.33. The molecule has 0 amide bonds. The van der Waals surface area contributed by atoms with Crippen LogP contribution in [0.2, 0.25) is 10.2 Å². The molecule has 0 aliphatic carbocycles. The van der Waals surface area contributed by atoms with E-state index in [0.717, 1.165) is 17.1 Å². The lowest BCUT2D eigenvalue weighted by atomic mass is 10.2. The zero-order valence-corrected chi connectivity index (χ0v) is 11.2. The summed E-state index contributed by atoms with van der Waals surface area (Å²) in [4.78, 5) is 0. The summed E-state index contributed by atoms with van der Waals surface area (Å²) in [7, 11) is 0. The summed E-state index contributed by atoms with van der Waals surface area (Å²) in [5.74, 6) is 0. The minimum absolute atomic E-state index is 0.187. The van der Waals surface area contributed by atoms with Gasteiger partial charge < -0.3 is 0 Å². The molecular weight excluding hydrogens is 291 g/mol. The molecule has 18 heavy (non-hydrogen) atoms.